The Morgan fingerprint density at radius 3 is 2.35 bits per heavy atom. The maximum absolute atomic E-state index is 13.5. The fourth-order valence-electron chi connectivity index (χ4n) is 2.10. The molecular weight excluding hydrogens is 360 g/mol. The average Bonchev–Trinajstić information content (AvgIpc) is 2.45. The maximum atomic E-state index is 13.5. The summed E-state index contributed by atoms with van der Waals surface area (Å²) < 4.78 is 57.6. The van der Waals surface area contributed by atoms with Crippen LogP contribution in [0.1, 0.15) is 44.4 Å². The molecule has 148 valence electrons. The van der Waals surface area contributed by atoms with E-state index in [1.807, 2.05) is 0 Å². The highest BCUT2D eigenvalue weighted by molar-refractivity contribution is 5.67. The van der Waals surface area contributed by atoms with Crippen LogP contribution in [0.25, 0.3) is 0 Å². The van der Waals surface area contributed by atoms with Crippen molar-refractivity contribution in [3.8, 4) is 0 Å². The minimum absolute atomic E-state index is 0.175. The molecule has 1 amide bonds. The topological polar surface area (TPSA) is 105 Å². The predicted molar refractivity (Wildman–Crippen MR) is 85.6 cm³/mol. The van der Waals surface area contributed by atoms with Gasteiger partial charge in [-0.1, -0.05) is 0 Å². The fourth-order valence-corrected chi connectivity index (χ4v) is 2.10. The summed E-state index contributed by atoms with van der Waals surface area (Å²) in [6.45, 7) is 4.74. The van der Waals surface area contributed by atoms with Crippen molar-refractivity contribution in [1.82, 2.24) is 5.32 Å². The van der Waals surface area contributed by atoms with Crippen LogP contribution in [0.2, 0.25) is 0 Å². The Morgan fingerprint density at radius 2 is 1.85 bits per heavy atom. The molecule has 6 nitrogen and oxygen atoms in total. The van der Waals surface area contributed by atoms with E-state index in [0.29, 0.717) is 12.1 Å². The highest BCUT2D eigenvalue weighted by Gasteiger charge is 2.37. The molecule has 2 atom stereocenters. The van der Waals surface area contributed by atoms with E-state index in [0.717, 1.165) is 0 Å². The molecular formula is C16H22F4N2O4. The summed E-state index contributed by atoms with van der Waals surface area (Å²) in [5.74, 6) is -1.15. The number of alkyl halides is 3. The Labute approximate surface area is 147 Å². The summed E-state index contributed by atoms with van der Waals surface area (Å²) in [4.78, 5) is 11.5. The van der Waals surface area contributed by atoms with E-state index in [1.54, 1.807) is 20.8 Å². The van der Waals surface area contributed by atoms with Crippen LogP contribution in [0.15, 0.2) is 12.1 Å². The zero-order valence-electron chi connectivity index (χ0n) is 14.5. The molecule has 0 fully saturated rings. The number of halogens is 4. The molecule has 0 heterocycles. The Morgan fingerprint density at radius 1 is 1.27 bits per heavy atom. The number of rotatable bonds is 5. The smallest absolute Gasteiger partial charge is 0.416 e. The van der Waals surface area contributed by atoms with Crippen LogP contribution >= 0.6 is 0 Å². The third-order valence-corrected chi connectivity index (χ3v) is 3.27. The quantitative estimate of drug-likeness (QED) is 0.463. The van der Waals surface area contributed by atoms with E-state index in [-0.39, 0.29) is 13.0 Å². The molecule has 0 radical (unpaired) electrons. The minimum atomic E-state index is -4.90. The molecule has 1 aromatic carbocycles. The minimum Gasteiger partial charge on any atom is -0.444 e. The van der Waals surface area contributed by atoms with Crippen molar-refractivity contribution in [1.29, 1.82) is 0 Å². The number of alkyl carbamates (subject to hydrolysis) is 1. The first-order chi connectivity index (χ1) is 11.7. The lowest BCUT2D eigenvalue weighted by Gasteiger charge is -2.23. The third kappa shape index (κ3) is 6.34. The number of amides is 1. The number of nitrogens with two attached hydrogens (primary N) is 1. The fraction of sp³-hybridized carbons (Fsp3) is 0.562. The van der Waals surface area contributed by atoms with Crippen molar-refractivity contribution in [3.63, 3.8) is 0 Å². The molecule has 26 heavy (non-hydrogen) atoms. The van der Waals surface area contributed by atoms with Gasteiger partial charge in [0.05, 0.1) is 17.4 Å². The first-order valence-corrected chi connectivity index (χ1v) is 7.71. The number of anilines is 1. The van der Waals surface area contributed by atoms with Gasteiger partial charge in [0.1, 0.15) is 17.5 Å². The lowest BCUT2D eigenvalue weighted by atomic mass is 9.96. The lowest BCUT2D eigenvalue weighted by molar-refractivity contribution is -0.140. The molecule has 1 rings (SSSR count). The second-order valence-electron chi connectivity index (χ2n) is 6.69. The van der Waals surface area contributed by atoms with Gasteiger partial charge in [0.2, 0.25) is 0 Å². The SMILES string of the molecule is CC(C)(C)OC(=O)NCCC(O)C(O)c1cc(F)c(N)cc1C(F)(F)F. The lowest BCUT2D eigenvalue weighted by Crippen LogP contribution is -2.35. The molecule has 2 unspecified atom stereocenters. The second kappa shape index (κ2) is 8.09. The van der Waals surface area contributed by atoms with E-state index in [2.05, 4.69) is 5.32 Å². The number of carbonyl (C=O) groups excluding carboxylic acids is 1. The van der Waals surface area contributed by atoms with Gasteiger partial charge in [0.15, 0.2) is 0 Å². The van der Waals surface area contributed by atoms with Crippen LogP contribution in [0.4, 0.5) is 28.0 Å². The van der Waals surface area contributed by atoms with E-state index in [1.165, 1.54) is 0 Å². The normalized spacial score (nSPS) is 14.7. The van der Waals surface area contributed by atoms with Gasteiger partial charge in [-0.05, 0) is 44.9 Å². The van der Waals surface area contributed by atoms with Crippen molar-refractivity contribution < 1.29 is 37.3 Å². The summed E-state index contributed by atoms with van der Waals surface area (Å²) >= 11 is 0. The van der Waals surface area contributed by atoms with Gasteiger partial charge in [-0.15, -0.1) is 0 Å². The van der Waals surface area contributed by atoms with Gasteiger partial charge >= 0.3 is 12.3 Å². The van der Waals surface area contributed by atoms with Gasteiger partial charge in [-0.3, -0.25) is 0 Å². The average molecular weight is 382 g/mol. The third-order valence-electron chi connectivity index (χ3n) is 3.27. The van der Waals surface area contributed by atoms with Crippen LogP contribution in [-0.2, 0) is 10.9 Å². The summed E-state index contributed by atoms with van der Waals surface area (Å²) in [6, 6.07) is 0.799. The molecule has 0 aliphatic heterocycles. The Hall–Kier alpha value is -2.07. The first kappa shape index (κ1) is 22.0. The molecule has 0 spiro atoms. The number of hydrogen-bond acceptors (Lipinski definition) is 5. The van der Waals surface area contributed by atoms with Crippen LogP contribution < -0.4 is 11.1 Å². The Bertz CT molecular complexity index is 644. The van der Waals surface area contributed by atoms with E-state index < -0.39 is 52.7 Å². The number of aliphatic hydroxyl groups excluding tert-OH is 2. The number of carbonyl (C=O) groups is 1. The largest absolute Gasteiger partial charge is 0.444 e. The monoisotopic (exact) mass is 382 g/mol. The predicted octanol–water partition coefficient (Wildman–Crippen LogP) is 2.74. The number of nitrogens with one attached hydrogen (secondary N) is 1. The zero-order valence-corrected chi connectivity index (χ0v) is 14.5. The first-order valence-electron chi connectivity index (χ1n) is 7.71. The van der Waals surface area contributed by atoms with E-state index >= 15 is 0 Å². The van der Waals surface area contributed by atoms with Gasteiger partial charge in [-0.2, -0.15) is 13.2 Å². The summed E-state index contributed by atoms with van der Waals surface area (Å²) in [7, 11) is 0. The number of hydrogen-bond donors (Lipinski definition) is 4. The molecule has 0 aromatic heterocycles. The Balaban J connectivity index is 2.81. The van der Waals surface area contributed by atoms with Crippen molar-refractivity contribution in [3.05, 3.63) is 29.1 Å². The molecule has 0 aliphatic carbocycles. The van der Waals surface area contributed by atoms with E-state index in [9.17, 15) is 32.6 Å². The van der Waals surface area contributed by atoms with Crippen molar-refractivity contribution in [2.24, 2.45) is 0 Å². The van der Waals surface area contributed by atoms with Crippen LogP contribution in [0.5, 0.6) is 0 Å². The summed E-state index contributed by atoms with van der Waals surface area (Å²) in [5, 5.41) is 22.2. The van der Waals surface area contributed by atoms with Gasteiger partial charge in [-0.25, -0.2) is 9.18 Å². The molecule has 0 saturated heterocycles. The zero-order chi connectivity index (χ0) is 20.3. The molecule has 1 aromatic rings. The van der Waals surface area contributed by atoms with Gasteiger partial charge < -0.3 is 26.0 Å². The number of ether oxygens (including phenoxy) is 1. The standard InChI is InChI=1S/C16H22F4N2O4/c1-15(2,3)26-14(25)22-5-4-12(23)13(24)8-6-10(17)11(21)7-9(8)16(18,19)20/h6-7,12-13,23-24H,4-5,21H2,1-3H3,(H,22,25). The highest BCUT2D eigenvalue weighted by atomic mass is 19.4. The molecule has 5 N–H and O–H groups in total. The molecule has 0 aliphatic rings. The van der Waals surface area contributed by atoms with Crippen LogP contribution in [0.3, 0.4) is 0 Å². The molecule has 0 bridgehead atoms. The van der Waals surface area contributed by atoms with Gasteiger partial charge in [0, 0.05) is 6.54 Å². The summed E-state index contributed by atoms with van der Waals surface area (Å²) in [5.41, 5.74) is 1.49. The number of nitrogen functional groups attached to an aromatic ring is 1. The maximum Gasteiger partial charge on any atom is 0.416 e. The molecule has 10 heteroatoms. The summed E-state index contributed by atoms with van der Waals surface area (Å²) in [6.07, 6.45) is -9.68. The molecule has 0 saturated carbocycles. The van der Waals surface area contributed by atoms with Crippen molar-refractivity contribution in [2.75, 3.05) is 12.3 Å². The van der Waals surface area contributed by atoms with Crippen molar-refractivity contribution in [2.45, 2.75) is 51.2 Å². The second-order valence-corrected chi connectivity index (χ2v) is 6.69. The van der Waals surface area contributed by atoms with Crippen molar-refractivity contribution >= 4 is 11.8 Å². The number of benzene rings is 1. The van der Waals surface area contributed by atoms with Gasteiger partial charge in [0.25, 0.3) is 0 Å². The number of aliphatic hydroxyl groups is 2. The Kier molecular flexibility index (Phi) is 6.83. The van der Waals surface area contributed by atoms with E-state index in [4.69, 9.17) is 10.5 Å². The van der Waals surface area contributed by atoms with Crippen LogP contribution in [-0.4, -0.2) is 34.6 Å². The van der Waals surface area contributed by atoms with Crippen LogP contribution in [0, 0.1) is 5.82 Å². The highest BCUT2D eigenvalue weighted by Crippen LogP contribution is 2.38.